The fraction of sp³-hybridized carbons (Fsp3) is 0.720. The first-order chi connectivity index (χ1) is 14.9. The molecule has 174 valence electrons. The van der Waals surface area contributed by atoms with Crippen molar-refractivity contribution in [1.29, 1.82) is 0 Å². The molecule has 3 aliphatic heterocycles. The highest BCUT2D eigenvalue weighted by Crippen LogP contribution is 2.46. The van der Waals surface area contributed by atoms with E-state index in [0.29, 0.717) is 19.0 Å². The molecule has 1 aromatic carbocycles. The van der Waals surface area contributed by atoms with Crippen molar-refractivity contribution in [3.63, 3.8) is 0 Å². The van der Waals surface area contributed by atoms with Crippen LogP contribution in [0.25, 0.3) is 0 Å². The summed E-state index contributed by atoms with van der Waals surface area (Å²) in [5, 5.41) is 0. The third-order valence-corrected chi connectivity index (χ3v) is 8.60. The molecular weight excluding hydrogens is 406 g/mol. The summed E-state index contributed by atoms with van der Waals surface area (Å²) >= 11 is 0. The number of amides is 1. The first-order valence-corrected chi connectivity index (χ1v) is 12.1. The molecule has 0 radical (unpaired) electrons. The lowest BCUT2D eigenvalue weighted by Gasteiger charge is -2.48. The van der Waals surface area contributed by atoms with Crippen molar-refractivity contribution in [1.82, 2.24) is 4.90 Å². The second kappa shape index (κ2) is 7.28. The number of nitrogens with zero attached hydrogens (tertiary/aromatic N) is 2. The van der Waals surface area contributed by atoms with E-state index in [9.17, 15) is 9.18 Å². The van der Waals surface area contributed by atoms with Gasteiger partial charge in [0.2, 0.25) is 5.91 Å². The van der Waals surface area contributed by atoms with E-state index in [4.69, 9.17) is 9.31 Å². The lowest BCUT2D eigenvalue weighted by molar-refractivity contribution is -0.123. The van der Waals surface area contributed by atoms with Crippen molar-refractivity contribution in [2.45, 2.75) is 102 Å². The minimum absolute atomic E-state index is 0.157. The van der Waals surface area contributed by atoms with Gasteiger partial charge < -0.3 is 14.2 Å². The zero-order valence-electron chi connectivity index (χ0n) is 20.3. The molecule has 5 rings (SSSR count). The normalized spacial score (nSPS) is 33.3. The van der Waals surface area contributed by atoms with Crippen LogP contribution in [0.5, 0.6) is 0 Å². The van der Waals surface area contributed by atoms with E-state index in [1.807, 2.05) is 24.8 Å². The monoisotopic (exact) mass is 442 g/mol. The number of fused-ring (bicyclic) bond motifs is 1. The number of rotatable bonds is 3. The number of hydrogen-bond acceptors (Lipinski definition) is 4. The largest absolute Gasteiger partial charge is 0.494 e. The van der Waals surface area contributed by atoms with Crippen LogP contribution < -0.4 is 10.4 Å². The zero-order chi connectivity index (χ0) is 23.1. The van der Waals surface area contributed by atoms with Crippen LogP contribution >= 0.6 is 0 Å². The highest BCUT2D eigenvalue weighted by molar-refractivity contribution is 6.62. The third kappa shape index (κ3) is 3.34. The second-order valence-electron chi connectivity index (χ2n) is 11.7. The van der Waals surface area contributed by atoms with Gasteiger partial charge in [-0.15, -0.1) is 0 Å². The topological polar surface area (TPSA) is 42.0 Å². The fourth-order valence-corrected chi connectivity index (χ4v) is 5.64. The summed E-state index contributed by atoms with van der Waals surface area (Å²) in [6.07, 6.45) is 2.72. The first-order valence-electron chi connectivity index (χ1n) is 12.1. The van der Waals surface area contributed by atoms with Crippen molar-refractivity contribution in [2.24, 2.45) is 0 Å². The Morgan fingerprint density at radius 3 is 2.31 bits per heavy atom. The zero-order valence-corrected chi connectivity index (χ0v) is 20.3. The van der Waals surface area contributed by atoms with Gasteiger partial charge in [-0.3, -0.25) is 9.69 Å². The Morgan fingerprint density at radius 2 is 1.69 bits per heavy atom. The van der Waals surface area contributed by atoms with E-state index >= 15 is 0 Å². The number of alkyl halides is 1. The van der Waals surface area contributed by atoms with Gasteiger partial charge in [-0.1, -0.05) is 12.1 Å². The summed E-state index contributed by atoms with van der Waals surface area (Å²) < 4.78 is 26.4. The molecule has 0 N–H and O–H groups in total. The number of anilines is 1. The maximum Gasteiger partial charge on any atom is 0.494 e. The van der Waals surface area contributed by atoms with Crippen LogP contribution in [0.3, 0.4) is 0 Å². The lowest BCUT2D eigenvalue weighted by Crippen LogP contribution is -2.58. The van der Waals surface area contributed by atoms with Gasteiger partial charge in [0, 0.05) is 24.3 Å². The Morgan fingerprint density at radius 1 is 1.03 bits per heavy atom. The molecule has 0 unspecified atom stereocenters. The SMILES string of the molecule is CC1(C)C(=O)N([C@H]2C[C@@H](N3CCC[C@@H](F)C3)C2)c2cc(B3OC(C)(C)C(C)(C)O3)ccc21. The molecule has 3 fully saturated rings. The summed E-state index contributed by atoms with van der Waals surface area (Å²) in [5.74, 6) is 0.157. The number of likely N-dealkylation sites (tertiary alicyclic amines) is 1. The van der Waals surface area contributed by atoms with Gasteiger partial charge in [0.15, 0.2) is 0 Å². The molecule has 4 aliphatic rings. The van der Waals surface area contributed by atoms with Crippen LogP contribution in [0.1, 0.15) is 72.8 Å². The number of carbonyl (C=O) groups excluding carboxylic acids is 1. The van der Waals surface area contributed by atoms with Gasteiger partial charge in [0.05, 0.1) is 16.6 Å². The van der Waals surface area contributed by atoms with Crippen LogP contribution in [-0.2, 0) is 19.5 Å². The van der Waals surface area contributed by atoms with Crippen LogP contribution in [0.4, 0.5) is 10.1 Å². The van der Waals surface area contributed by atoms with Crippen molar-refractivity contribution < 1.29 is 18.5 Å². The van der Waals surface area contributed by atoms with Crippen LogP contribution in [0.15, 0.2) is 18.2 Å². The van der Waals surface area contributed by atoms with Gasteiger partial charge in [0.25, 0.3) is 0 Å². The fourth-order valence-electron chi connectivity index (χ4n) is 5.64. The molecule has 2 saturated heterocycles. The van der Waals surface area contributed by atoms with E-state index in [1.165, 1.54) is 0 Å². The Balaban J connectivity index is 1.39. The molecule has 7 heteroatoms. The van der Waals surface area contributed by atoms with E-state index in [-0.39, 0.29) is 11.9 Å². The average Bonchev–Trinajstić information content (AvgIpc) is 3.01. The number of hydrogen-bond donors (Lipinski definition) is 0. The summed E-state index contributed by atoms with van der Waals surface area (Å²) in [6.45, 7) is 13.7. The Hall–Kier alpha value is -1.44. The van der Waals surface area contributed by atoms with Crippen molar-refractivity contribution in [3.05, 3.63) is 23.8 Å². The Labute approximate surface area is 191 Å². The molecule has 1 atom stereocenters. The molecule has 5 nitrogen and oxygen atoms in total. The van der Waals surface area contributed by atoms with Gasteiger partial charge >= 0.3 is 7.12 Å². The number of halogens is 1. The molecule has 1 aliphatic carbocycles. The Bertz CT molecular complexity index is 912. The average molecular weight is 442 g/mol. The smallest absolute Gasteiger partial charge is 0.399 e. The minimum Gasteiger partial charge on any atom is -0.399 e. The molecular formula is C25H36BFN2O3. The molecule has 1 aromatic rings. The summed E-state index contributed by atoms with van der Waals surface area (Å²) in [5.41, 5.74) is 1.63. The molecule has 3 heterocycles. The number of benzene rings is 1. The maximum absolute atomic E-state index is 13.9. The number of piperidine rings is 1. The van der Waals surface area contributed by atoms with E-state index < -0.39 is 29.9 Å². The van der Waals surface area contributed by atoms with Crippen LogP contribution in [-0.4, -0.2) is 60.5 Å². The Kier molecular flexibility index (Phi) is 5.09. The van der Waals surface area contributed by atoms with Crippen LogP contribution in [0.2, 0.25) is 0 Å². The summed E-state index contributed by atoms with van der Waals surface area (Å²) in [6, 6.07) is 6.75. The van der Waals surface area contributed by atoms with Crippen molar-refractivity contribution in [3.8, 4) is 0 Å². The third-order valence-electron chi connectivity index (χ3n) is 8.60. The quantitative estimate of drug-likeness (QED) is 0.672. The van der Waals surface area contributed by atoms with Gasteiger partial charge in [-0.05, 0) is 90.9 Å². The van der Waals surface area contributed by atoms with E-state index in [0.717, 1.165) is 42.5 Å². The van der Waals surface area contributed by atoms with Crippen molar-refractivity contribution in [2.75, 3.05) is 18.0 Å². The molecule has 0 aromatic heterocycles. The molecule has 1 amide bonds. The molecule has 0 bridgehead atoms. The second-order valence-corrected chi connectivity index (χ2v) is 11.7. The lowest BCUT2D eigenvalue weighted by atomic mass is 9.76. The molecule has 0 spiro atoms. The molecule has 1 saturated carbocycles. The van der Waals surface area contributed by atoms with Gasteiger partial charge in [-0.25, -0.2) is 4.39 Å². The maximum atomic E-state index is 13.9. The van der Waals surface area contributed by atoms with Crippen molar-refractivity contribution >= 4 is 24.2 Å². The predicted molar refractivity (Wildman–Crippen MR) is 125 cm³/mol. The number of carbonyl (C=O) groups is 1. The minimum atomic E-state index is -0.710. The summed E-state index contributed by atoms with van der Waals surface area (Å²) in [4.78, 5) is 17.8. The summed E-state index contributed by atoms with van der Waals surface area (Å²) in [7, 11) is -0.449. The highest BCUT2D eigenvalue weighted by Gasteiger charge is 2.54. The first kappa shape index (κ1) is 22.4. The van der Waals surface area contributed by atoms with Gasteiger partial charge in [0.1, 0.15) is 6.17 Å². The highest BCUT2D eigenvalue weighted by atomic mass is 19.1. The van der Waals surface area contributed by atoms with E-state index in [1.54, 1.807) is 0 Å². The van der Waals surface area contributed by atoms with Crippen LogP contribution in [0, 0.1) is 0 Å². The predicted octanol–water partition coefficient (Wildman–Crippen LogP) is 3.57. The van der Waals surface area contributed by atoms with Gasteiger partial charge in [-0.2, -0.15) is 0 Å². The van der Waals surface area contributed by atoms with E-state index in [2.05, 4.69) is 44.7 Å². The standard InChI is InChI=1S/C25H36BFN2O3/c1-23(2)20-10-9-16(26-31-24(3,4)25(5,6)32-26)12-21(20)29(22(23)30)19-13-18(14-19)28-11-7-8-17(27)15-28/h9-10,12,17-19H,7-8,11,13-15H2,1-6H3/t17-,18-,19+/m1/s1. The molecule has 32 heavy (non-hydrogen) atoms.